The fraction of sp³-hybridized carbons (Fsp3) is 0.125. The number of hydrogen-bond donors (Lipinski definition) is 1. The third-order valence-electron chi connectivity index (χ3n) is 2.92. The van der Waals surface area contributed by atoms with E-state index in [0.29, 0.717) is 0 Å². The topological polar surface area (TPSA) is 50.4 Å². The van der Waals surface area contributed by atoms with E-state index in [9.17, 15) is 0 Å². The zero-order valence-corrected chi connectivity index (χ0v) is 12.0. The van der Waals surface area contributed by atoms with Crippen LogP contribution in [-0.4, -0.2) is 26.3 Å². The minimum atomic E-state index is -0.114. The lowest BCUT2D eigenvalue weighted by Crippen LogP contribution is -1.88. The van der Waals surface area contributed by atoms with Crippen molar-refractivity contribution in [2.75, 3.05) is 6.61 Å². The molecule has 21 heavy (non-hydrogen) atoms. The molecule has 2 aromatic heterocycles. The average molecular weight is 295 g/mol. The highest BCUT2D eigenvalue weighted by molar-refractivity contribution is 7.98. The number of aromatic nitrogens is 3. The van der Waals surface area contributed by atoms with Crippen LogP contribution in [0.4, 0.5) is 0 Å². The highest BCUT2D eigenvalue weighted by Crippen LogP contribution is 2.21. The van der Waals surface area contributed by atoms with Gasteiger partial charge in [-0.3, -0.25) is 4.40 Å². The van der Waals surface area contributed by atoms with Crippen LogP contribution in [0.15, 0.2) is 53.8 Å². The average Bonchev–Trinajstić information content (AvgIpc) is 2.95. The lowest BCUT2D eigenvalue weighted by Gasteiger charge is -2.01. The first-order valence-electron chi connectivity index (χ1n) is 6.48. The predicted octanol–water partition coefficient (Wildman–Crippen LogP) is 2.37. The Labute approximate surface area is 126 Å². The Balaban J connectivity index is 1.70. The van der Waals surface area contributed by atoms with Crippen LogP contribution in [-0.2, 0) is 5.75 Å². The normalized spacial score (nSPS) is 10.3. The molecule has 5 heteroatoms. The van der Waals surface area contributed by atoms with E-state index >= 15 is 0 Å². The fourth-order valence-electron chi connectivity index (χ4n) is 1.89. The summed E-state index contributed by atoms with van der Waals surface area (Å²) in [6.45, 7) is -0.114. The van der Waals surface area contributed by atoms with Gasteiger partial charge in [0.05, 0.1) is 0 Å². The Morgan fingerprint density at radius 1 is 1.10 bits per heavy atom. The highest BCUT2D eigenvalue weighted by Gasteiger charge is 2.05. The number of rotatable bonds is 3. The quantitative estimate of drug-likeness (QED) is 0.595. The number of aliphatic hydroxyl groups is 1. The van der Waals surface area contributed by atoms with Crippen LogP contribution in [0.1, 0.15) is 11.1 Å². The molecule has 0 aliphatic carbocycles. The van der Waals surface area contributed by atoms with Crippen LogP contribution >= 0.6 is 11.8 Å². The Morgan fingerprint density at radius 3 is 2.76 bits per heavy atom. The standard InChI is InChI=1S/C16H13N3OS/c20-11-3-4-13-6-8-14(9-7-13)12-21-16-18-17-15-5-1-2-10-19(15)16/h1-2,5-10,20H,11-12H2. The van der Waals surface area contributed by atoms with E-state index in [1.54, 1.807) is 11.8 Å². The predicted molar refractivity (Wildman–Crippen MR) is 83.0 cm³/mol. The van der Waals surface area contributed by atoms with Crippen LogP contribution in [0.3, 0.4) is 0 Å². The molecule has 2 heterocycles. The summed E-state index contributed by atoms with van der Waals surface area (Å²) < 4.78 is 1.98. The molecule has 0 bridgehead atoms. The lowest BCUT2D eigenvalue weighted by atomic mass is 10.1. The summed E-state index contributed by atoms with van der Waals surface area (Å²) in [6, 6.07) is 13.8. The van der Waals surface area contributed by atoms with Crippen molar-refractivity contribution in [2.45, 2.75) is 10.9 Å². The van der Waals surface area contributed by atoms with Gasteiger partial charge < -0.3 is 5.11 Å². The number of nitrogens with zero attached hydrogens (tertiary/aromatic N) is 3. The van der Waals surface area contributed by atoms with Gasteiger partial charge in [0, 0.05) is 17.5 Å². The van der Waals surface area contributed by atoms with Crippen LogP contribution in [0.5, 0.6) is 0 Å². The van der Waals surface area contributed by atoms with Gasteiger partial charge in [-0.25, -0.2) is 0 Å². The monoisotopic (exact) mass is 295 g/mol. The van der Waals surface area contributed by atoms with Crippen molar-refractivity contribution in [2.24, 2.45) is 0 Å². The fourth-order valence-corrected chi connectivity index (χ4v) is 2.77. The van der Waals surface area contributed by atoms with E-state index in [2.05, 4.69) is 22.0 Å². The smallest absolute Gasteiger partial charge is 0.195 e. The van der Waals surface area contributed by atoms with Crippen LogP contribution in [0.25, 0.3) is 5.65 Å². The molecule has 0 saturated heterocycles. The van der Waals surface area contributed by atoms with E-state index in [0.717, 1.165) is 22.1 Å². The van der Waals surface area contributed by atoms with Crippen molar-refractivity contribution in [3.63, 3.8) is 0 Å². The molecule has 0 aliphatic heterocycles. The van der Waals surface area contributed by atoms with Crippen molar-refractivity contribution in [3.05, 3.63) is 59.8 Å². The van der Waals surface area contributed by atoms with Crippen LogP contribution in [0, 0.1) is 11.8 Å². The Bertz CT molecular complexity index is 799. The minimum absolute atomic E-state index is 0.114. The number of thioether (sulfide) groups is 1. The molecule has 0 fully saturated rings. The second-order valence-corrected chi connectivity index (χ2v) is 5.30. The number of aliphatic hydroxyl groups excluding tert-OH is 1. The molecular weight excluding hydrogens is 282 g/mol. The summed E-state index contributed by atoms with van der Waals surface area (Å²) in [6.07, 6.45) is 1.96. The third kappa shape index (κ3) is 3.24. The van der Waals surface area contributed by atoms with E-state index in [1.807, 2.05) is 53.1 Å². The first kappa shape index (κ1) is 13.7. The summed E-state index contributed by atoms with van der Waals surface area (Å²) in [7, 11) is 0. The van der Waals surface area contributed by atoms with Gasteiger partial charge in [0.1, 0.15) is 6.61 Å². The minimum Gasteiger partial charge on any atom is -0.384 e. The molecule has 1 aromatic carbocycles. The Hall–Kier alpha value is -2.29. The van der Waals surface area contributed by atoms with E-state index in [-0.39, 0.29) is 6.61 Å². The number of hydrogen-bond acceptors (Lipinski definition) is 4. The maximum absolute atomic E-state index is 8.67. The van der Waals surface area contributed by atoms with Gasteiger partial charge in [0.15, 0.2) is 10.8 Å². The molecule has 0 atom stereocenters. The summed E-state index contributed by atoms with van der Waals surface area (Å²) in [5.41, 5.74) is 2.96. The molecule has 104 valence electrons. The molecule has 3 rings (SSSR count). The summed E-state index contributed by atoms with van der Waals surface area (Å²) >= 11 is 1.65. The molecule has 0 unspecified atom stereocenters. The zero-order chi connectivity index (χ0) is 14.5. The second kappa shape index (κ2) is 6.44. The van der Waals surface area contributed by atoms with Gasteiger partial charge in [-0.1, -0.05) is 41.8 Å². The van der Waals surface area contributed by atoms with Crippen molar-refractivity contribution >= 4 is 17.4 Å². The van der Waals surface area contributed by atoms with Crippen LogP contribution in [0.2, 0.25) is 0 Å². The molecule has 0 spiro atoms. The molecule has 1 N–H and O–H groups in total. The molecule has 3 aromatic rings. The van der Waals surface area contributed by atoms with Crippen molar-refractivity contribution in [1.82, 2.24) is 14.6 Å². The Kier molecular flexibility index (Phi) is 4.20. The molecule has 0 amide bonds. The third-order valence-corrected chi connectivity index (χ3v) is 3.93. The van der Waals surface area contributed by atoms with Gasteiger partial charge in [-0.15, -0.1) is 10.2 Å². The maximum Gasteiger partial charge on any atom is 0.195 e. The molecule has 4 nitrogen and oxygen atoms in total. The first-order valence-corrected chi connectivity index (χ1v) is 7.46. The number of fused-ring (bicyclic) bond motifs is 1. The molecule has 0 aliphatic rings. The molecule has 0 saturated carbocycles. The summed E-state index contributed by atoms with van der Waals surface area (Å²) in [5, 5.41) is 17.9. The lowest BCUT2D eigenvalue weighted by molar-refractivity contribution is 0.350. The van der Waals surface area contributed by atoms with Crippen molar-refractivity contribution in [3.8, 4) is 11.8 Å². The van der Waals surface area contributed by atoms with Crippen molar-refractivity contribution in [1.29, 1.82) is 0 Å². The number of pyridine rings is 1. The van der Waals surface area contributed by atoms with Crippen molar-refractivity contribution < 1.29 is 5.11 Å². The molecule has 0 radical (unpaired) electrons. The van der Waals surface area contributed by atoms with E-state index in [4.69, 9.17) is 5.11 Å². The summed E-state index contributed by atoms with van der Waals surface area (Å²) in [4.78, 5) is 0. The van der Waals surface area contributed by atoms with Crippen LogP contribution < -0.4 is 0 Å². The number of benzene rings is 1. The maximum atomic E-state index is 8.67. The Morgan fingerprint density at radius 2 is 1.95 bits per heavy atom. The van der Waals surface area contributed by atoms with Gasteiger partial charge in [-0.2, -0.15) is 0 Å². The van der Waals surface area contributed by atoms with Gasteiger partial charge in [0.2, 0.25) is 0 Å². The van der Waals surface area contributed by atoms with E-state index in [1.165, 1.54) is 5.56 Å². The second-order valence-electron chi connectivity index (χ2n) is 4.36. The van der Waals surface area contributed by atoms with Gasteiger partial charge in [-0.05, 0) is 29.8 Å². The van der Waals surface area contributed by atoms with Gasteiger partial charge >= 0.3 is 0 Å². The first-order chi connectivity index (χ1) is 10.4. The molecular formula is C16H13N3OS. The summed E-state index contributed by atoms with van der Waals surface area (Å²) in [5.74, 6) is 6.34. The zero-order valence-electron chi connectivity index (χ0n) is 11.2. The van der Waals surface area contributed by atoms with E-state index < -0.39 is 0 Å². The SMILES string of the molecule is OCC#Cc1ccc(CSc2nnc3ccccn23)cc1. The highest BCUT2D eigenvalue weighted by atomic mass is 32.2. The largest absolute Gasteiger partial charge is 0.384 e. The van der Waals surface area contributed by atoms with Gasteiger partial charge in [0.25, 0.3) is 0 Å².